The van der Waals surface area contributed by atoms with Gasteiger partial charge in [-0.3, -0.25) is 4.79 Å². The quantitative estimate of drug-likeness (QED) is 0.0684. The first-order chi connectivity index (χ1) is 29.9. The molecule has 0 aromatic heterocycles. The molecular weight excluding hydrogens is 776 g/mol. The number of unbranched alkanes of at least 4 members (excludes halogenated alkanes) is 2. The standard InChI is InChI=1S/C50H69FN2O8/c1-3-26-53(46(56)25-22-35-15-5-6-16-35)45-33-43(52-61-47-21-11-14-30-57-47)40-31-36(17-9-12-27-54)39(19-10-13-28-55)48-41-32-38(58-34-37-18-7-8-20-42(37)51)23-24-44(41)60-50(45,49(40)48)59-29-4-2/h4,7-8,18,20,23-24,31-32,35-36,39,45,47-49,54-55H,2-3,5-6,9-17,19,21-22,25-30,33-34H2,1H3/t36-,39+,45-,47?,48+,49+,50+/m0/s1. The summed E-state index contributed by atoms with van der Waals surface area (Å²) in [6.07, 6.45) is 18.4. The molecule has 1 amide bonds. The zero-order valence-corrected chi connectivity index (χ0v) is 36.3. The summed E-state index contributed by atoms with van der Waals surface area (Å²) < 4.78 is 41.7. The van der Waals surface area contributed by atoms with Crippen LogP contribution in [0.25, 0.3) is 0 Å². The fourth-order valence-corrected chi connectivity index (χ4v) is 10.9. The molecule has 2 heterocycles. The average molecular weight is 845 g/mol. The summed E-state index contributed by atoms with van der Waals surface area (Å²) in [5, 5.41) is 24.9. The lowest BCUT2D eigenvalue weighted by Gasteiger charge is -2.60. The molecule has 5 aliphatic rings. The topological polar surface area (TPSA) is 119 Å². The van der Waals surface area contributed by atoms with Crippen LogP contribution >= 0.6 is 0 Å². The lowest BCUT2D eigenvalue weighted by atomic mass is 9.55. The average Bonchev–Trinajstić information content (AvgIpc) is 3.81. The van der Waals surface area contributed by atoms with Gasteiger partial charge in [-0.05, 0) is 99.0 Å². The van der Waals surface area contributed by atoms with Gasteiger partial charge in [0.05, 0.1) is 24.8 Å². The number of aliphatic hydroxyl groups is 2. The highest BCUT2D eigenvalue weighted by molar-refractivity contribution is 6.03. The van der Waals surface area contributed by atoms with Gasteiger partial charge in [0.15, 0.2) is 0 Å². The summed E-state index contributed by atoms with van der Waals surface area (Å²) in [6.45, 7) is 7.83. The third-order valence-electron chi connectivity index (χ3n) is 13.8. The van der Waals surface area contributed by atoms with Crippen molar-refractivity contribution in [1.82, 2.24) is 4.90 Å². The number of oxime groups is 1. The third-order valence-corrected chi connectivity index (χ3v) is 13.8. The molecule has 3 aliphatic carbocycles. The molecule has 11 heteroatoms. The van der Waals surface area contributed by atoms with Gasteiger partial charge in [-0.1, -0.05) is 81.0 Å². The van der Waals surface area contributed by atoms with Crippen LogP contribution in [0, 0.1) is 29.5 Å². The van der Waals surface area contributed by atoms with Crippen molar-refractivity contribution in [3.05, 3.63) is 83.7 Å². The number of ether oxygens (including phenoxy) is 4. The number of hydrogen-bond acceptors (Lipinski definition) is 9. The van der Waals surface area contributed by atoms with Crippen molar-refractivity contribution in [3.63, 3.8) is 0 Å². The summed E-state index contributed by atoms with van der Waals surface area (Å²) in [5.74, 6) is -0.113. The Balaban J connectivity index is 1.38. The minimum absolute atomic E-state index is 0.0655. The lowest BCUT2D eigenvalue weighted by Crippen LogP contribution is -2.70. The van der Waals surface area contributed by atoms with Crippen molar-refractivity contribution >= 4 is 11.6 Å². The number of carbonyl (C=O) groups excluding carboxylic acids is 1. The van der Waals surface area contributed by atoms with E-state index in [2.05, 4.69) is 19.6 Å². The number of rotatable bonds is 22. The second kappa shape index (κ2) is 22.0. The van der Waals surface area contributed by atoms with Crippen LogP contribution in [-0.4, -0.2) is 77.8 Å². The van der Waals surface area contributed by atoms with Gasteiger partial charge in [0.1, 0.15) is 30.0 Å². The molecule has 3 fully saturated rings. The maximum Gasteiger partial charge on any atom is 0.239 e. The third kappa shape index (κ3) is 10.5. The zero-order chi connectivity index (χ0) is 42.6. The number of halogens is 1. The van der Waals surface area contributed by atoms with Gasteiger partial charge in [-0.15, -0.1) is 6.58 Å². The molecule has 2 aromatic carbocycles. The number of nitrogens with zero attached hydrogens (tertiary/aromatic N) is 2. The summed E-state index contributed by atoms with van der Waals surface area (Å²) in [7, 11) is 0. The maximum absolute atomic E-state index is 14.8. The van der Waals surface area contributed by atoms with Gasteiger partial charge in [0.2, 0.25) is 18.0 Å². The van der Waals surface area contributed by atoms with Crippen LogP contribution in [0.2, 0.25) is 0 Å². The van der Waals surface area contributed by atoms with Gasteiger partial charge in [-0.25, -0.2) is 4.39 Å². The fourth-order valence-electron chi connectivity index (χ4n) is 10.9. The van der Waals surface area contributed by atoms with E-state index in [1.165, 1.54) is 31.7 Å². The Labute approximate surface area is 362 Å². The minimum Gasteiger partial charge on any atom is -0.489 e. The molecule has 0 radical (unpaired) electrons. The van der Waals surface area contributed by atoms with Crippen LogP contribution in [0.4, 0.5) is 4.39 Å². The number of amides is 1. The molecule has 61 heavy (non-hydrogen) atoms. The van der Waals surface area contributed by atoms with E-state index < -0.39 is 24.0 Å². The van der Waals surface area contributed by atoms with Crippen molar-refractivity contribution in [3.8, 4) is 11.5 Å². The number of fused-ring (bicyclic) bond motifs is 2. The van der Waals surface area contributed by atoms with Crippen molar-refractivity contribution in [1.29, 1.82) is 0 Å². The van der Waals surface area contributed by atoms with Gasteiger partial charge < -0.3 is 38.9 Å². The van der Waals surface area contributed by atoms with Crippen LogP contribution in [0.1, 0.15) is 133 Å². The lowest BCUT2D eigenvalue weighted by molar-refractivity contribution is -0.257. The number of allylic oxidation sites excluding steroid dienone is 1. The molecule has 1 unspecified atom stereocenters. The first-order valence-electron chi connectivity index (χ1n) is 23.4. The molecule has 334 valence electrons. The van der Waals surface area contributed by atoms with E-state index in [1.807, 2.05) is 23.1 Å². The molecule has 0 bridgehead atoms. The summed E-state index contributed by atoms with van der Waals surface area (Å²) in [6, 6.07) is 12.0. The highest BCUT2D eigenvalue weighted by Gasteiger charge is 2.65. The predicted molar refractivity (Wildman–Crippen MR) is 234 cm³/mol. The van der Waals surface area contributed by atoms with Crippen LogP contribution in [0.3, 0.4) is 0 Å². The molecule has 0 spiro atoms. The largest absolute Gasteiger partial charge is 0.489 e. The molecule has 2 aromatic rings. The van der Waals surface area contributed by atoms with Gasteiger partial charge in [0, 0.05) is 56.1 Å². The van der Waals surface area contributed by atoms with Crippen molar-refractivity contribution < 1.29 is 43.2 Å². The van der Waals surface area contributed by atoms with Crippen LogP contribution in [-0.2, 0) is 25.7 Å². The smallest absolute Gasteiger partial charge is 0.239 e. The Morgan fingerprint density at radius 3 is 2.54 bits per heavy atom. The zero-order valence-electron chi connectivity index (χ0n) is 36.3. The molecule has 2 N–H and O–H groups in total. The maximum atomic E-state index is 14.8. The highest BCUT2D eigenvalue weighted by Crippen LogP contribution is 2.62. The fraction of sp³-hybridized carbons (Fsp3) is 0.640. The van der Waals surface area contributed by atoms with E-state index >= 15 is 0 Å². The van der Waals surface area contributed by atoms with Crippen molar-refractivity contribution in [2.45, 2.75) is 147 Å². The first kappa shape index (κ1) is 45.3. The summed E-state index contributed by atoms with van der Waals surface area (Å²) in [5.41, 5.74) is 3.20. The molecule has 2 aliphatic heterocycles. The van der Waals surface area contributed by atoms with Crippen molar-refractivity contribution in [2.75, 3.05) is 33.0 Å². The van der Waals surface area contributed by atoms with Crippen LogP contribution in [0.5, 0.6) is 11.5 Å². The Kier molecular flexibility index (Phi) is 16.3. The van der Waals surface area contributed by atoms with Crippen LogP contribution in [0.15, 0.2) is 71.9 Å². The second-order valence-corrected chi connectivity index (χ2v) is 17.8. The number of hydrogen-bond donors (Lipinski definition) is 2. The van der Waals surface area contributed by atoms with Crippen LogP contribution < -0.4 is 9.47 Å². The molecule has 2 saturated carbocycles. The SMILES string of the molecule is C=CCO[C@@]12Oc3ccc(OCc4ccccc4F)cc3[C@H]3[C@H](CCCCO)[C@@H](CCCCO)C=C(C(=NOC4CCCCO4)C[C@@H]1N(CCC)C(=O)CCC1CCCC1)[C@H]32. The summed E-state index contributed by atoms with van der Waals surface area (Å²) in [4.78, 5) is 23.1. The van der Waals surface area contributed by atoms with E-state index in [4.69, 9.17) is 28.9 Å². The van der Waals surface area contributed by atoms with E-state index in [0.29, 0.717) is 61.8 Å². The molecule has 10 nitrogen and oxygen atoms in total. The Hall–Kier alpha value is -3.77. The first-order valence-corrected chi connectivity index (χ1v) is 23.4. The number of carbonyl (C=O) groups is 1. The summed E-state index contributed by atoms with van der Waals surface area (Å²) >= 11 is 0. The van der Waals surface area contributed by atoms with Gasteiger partial charge >= 0.3 is 0 Å². The molecule has 1 saturated heterocycles. The minimum atomic E-state index is -1.31. The molecular formula is C50H69FN2O8. The Morgan fingerprint density at radius 1 is 1.02 bits per heavy atom. The monoisotopic (exact) mass is 845 g/mol. The number of aliphatic hydroxyl groups excluding tert-OH is 2. The highest BCUT2D eigenvalue weighted by atomic mass is 19.1. The van der Waals surface area contributed by atoms with E-state index in [0.717, 1.165) is 74.6 Å². The van der Waals surface area contributed by atoms with E-state index in [1.54, 1.807) is 24.3 Å². The van der Waals surface area contributed by atoms with Gasteiger partial charge in [0.25, 0.3) is 0 Å². The Bertz CT molecular complexity index is 1810. The van der Waals surface area contributed by atoms with Gasteiger partial charge in [-0.2, -0.15) is 0 Å². The molecule has 7 atom stereocenters. The van der Waals surface area contributed by atoms with Crippen molar-refractivity contribution in [2.24, 2.45) is 28.8 Å². The number of benzene rings is 2. The van der Waals surface area contributed by atoms with E-state index in [9.17, 15) is 19.4 Å². The van der Waals surface area contributed by atoms with E-state index in [-0.39, 0.29) is 55.9 Å². The molecule has 7 rings (SSSR count). The second-order valence-electron chi connectivity index (χ2n) is 17.8. The Morgan fingerprint density at radius 2 is 1.80 bits per heavy atom. The predicted octanol–water partition coefficient (Wildman–Crippen LogP) is 9.77. The normalized spacial score (nSPS) is 27.7.